The summed E-state index contributed by atoms with van der Waals surface area (Å²) in [6, 6.07) is 29.2. The molecule has 288 valence electrons. The van der Waals surface area contributed by atoms with Crippen LogP contribution in [0.15, 0.2) is 102 Å². The Labute approximate surface area is 333 Å². The van der Waals surface area contributed by atoms with Gasteiger partial charge in [0.15, 0.2) is 0 Å². The quantitative estimate of drug-likeness (QED) is 0.133. The lowest BCUT2D eigenvalue weighted by molar-refractivity contribution is -0.149. The Hall–Kier alpha value is -5.30. The number of nitrogens with zero attached hydrogens (tertiary/aromatic N) is 2. The third-order valence-electron chi connectivity index (χ3n) is 9.27. The lowest BCUT2D eigenvalue weighted by Gasteiger charge is -2.35. The van der Waals surface area contributed by atoms with Crippen LogP contribution in [-0.4, -0.2) is 35.4 Å². The van der Waals surface area contributed by atoms with Gasteiger partial charge in [0, 0.05) is 22.3 Å². The second-order valence-electron chi connectivity index (χ2n) is 15.0. The summed E-state index contributed by atoms with van der Waals surface area (Å²) in [6.07, 6.45) is 0.615. The zero-order valence-corrected chi connectivity index (χ0v) is 34.1. The van der Waals surface area contributed by atoms with Crippen molar-refractivity contribution in [2.45, 2.75) is 67.0 Å². The van der Waals surface area contributed by atoms with Crippen molar-refractivity contribution in [2.75, 3.05) is 7.11 Å². The molecule has 0 radical (unpaired) electrons. The molecule has 0 spiro atoms. The number of hydrogen-bond donors (Lipinski definition) is 1. The predicted molar refractivity (Wildman–Crippen MR) is 215 cm³/mol. The molecule has 3 unspecified atom stereocenters. The molecule has 0 heterocycles. The molecule has 0 aromatic heterocycles. The van der Waals surface area contributed by atoms with Gasteiger partial charge in [-0.1, -0.05) is 90.6 Å². The van der Waals surface area contributed by atoms with Gasteiger partial charge in [0.05, 0.1) is 18.6 Å². The monoisotopic (exact) mass is 783 g/mol. The molecule has 1 aliphatic rings. The number of nitriles is 1. The number of rotatable bonds is 9. The van der Waals surface area contributed by atoms with Crippen molar-refractivity contribution >= 4 is 41.0 Å². The summed E-state index contributed by atoms with van der Waals surface area (Å²) >= 11 is 11.5. The minimum atomic E-state index is -1.03. The van der Waals surface area contributed by atoms with Gasteiger partial charge >= 0.3 is 5.97 Å². The minimum Gasteiger partial charge on any atom is -0.496 e. The van der Waals surface area contributed by atoms with E-state index in [1.807, 2.05) is 110 Å². The number of ether oxygens (including phenoxy) is 3. The number of esters is 1. The van der Waals surface area contributed by atoms with Gasteiger partial charge in [0.1, 0.15) is 27.8 Å². The highest BCUT2D eigenvalue weighted by Gasteiger charge is 2.62. The van der Waals surface area contributed by atoms with Crippen LogP contribution in [0.4, 0.5) is 0 Å². The van der Waals surface area contributed by atoms with Crippen molar-refractivity contribution in [1.82, 2.24) is 10.4 Å². The van der Waals surface area contributed by atoms with Gasteiger partial charge in [0.2, 0.25) is 6.10 Å². The number of carbonyl (C=O) groups is 3. The van der Waals surface area contributed by atoms with Crippen molar-refractivity contribution in [3.8, 4) is 23.3 Å². The fourth-order valence-corrected chi connectivity index (χ4v) is 6.56. The van der Waals surface area contributed by atoms with Crippen LogP contribution in [0.5, 0.6) is 17.2 Å². The van der Waals surface area contributed by atoms with Crippen LogP contribution >= 0.6 is 23.2 Å². The van der Waals surface area contributed by atoms with E-state index in [9.17, 15) is 19.6 Å². The molecular weight excluding hydrogens is 737 g/mol. The van der Waals surface area contributed by atoms with Gasteiger partial charge in [-0.15, -0.1) is 0 Å². The standard InChI is InChI=1S/C22H19Cl2NO3.C22H28N2O3/c1-22(2)17(12-19(23)24)20(22)21(26)28-18(13-25)14-7-6-10-16(11-14)27-15-8-4-3-5-9-15;1-14-11-15(2)13-17(12-14)21(26)24(22(4,5)6)23-20(25)18-9-8-10-19(27-7)16(18)3/h3-12,17-18,20H,1-2H3;8-13H,1-7H3,(H,23,25). The molecule has 1 aliphatic carbocycles. The van der Waals surface area contributed by atoms with Crippen molar-refractivity contribution in [1.29, 1.82) is 5.26 Å². The van der Waals surface area contributed by atoms with E-state index in [0.717, 1.165) is 16.7 Å². The topological polar surface area (TPSA) is 118 Å². The highest BCUT2D eigenvalue weighted by molar-refractivity contribution is 6.55. The number of amides is 2. The molecule has 5 rings (SSSR count). The number of benzene rings is 4. The average molecular weight is 785 g/mol. The molecule has 0 bridgehead atoms. The number of para-hydroxylation sites is 1. The fraction of sp³-hybridized carbons (Fsp3) is 0.318. The first-order valence-electron chi connectivity index (χ1n) is 17.7. The van der Waals surface area contributed by atoms with Gasteiger partial charge in [-0.2, -0.15) is 5.26 Å². The van der Waals surface area contributed by atoms with Crippen molar-refractivity contribution in [3.63, 3.8) is 0 Å². The number of nitrogens with one attached hydrogen (secondary N) is 1. The molecule has 0 aliphatic heterocycles. The number of allylic oxidation sites excluding steroid dienone is 1. The minimum absolute atomic E-state index is 0.114. The lowest BCUT2D eigenvalue weighted by Crippen LogP contribution is -2.56. The van der Waals surface area contributed by atoms with Gasteiger partial charge in [0.25, 0.3) is 11.8 Å². The number of hydrogen-bond acceptors (Lipinski definition) is 7. The van der Waals surface area contributed by atoms with E-state index in [1.54, 1.807) is 55.7 Å². The van der Waals surface area contributed by atoms with Gasteiger partial charge in [-0.3, -0.25) is 19.8 Å². The Kier molecular flexibility index (Phi) is 13.8. The average Bonchev–Trinajstić information content (AvgIpc) is 3.66. The van der Waals surface area contributed by atoms with Crippen LogP contribution in [0.1, 0.15) is 83.7 Å². The predicted octanol–water partition coefficient (Wildman–Crippen LogP) is 10.4. The molecular formula is C44H47Cl2N3O6. The van der Waals surface area contributed by atoms with Crippen LogP contribution in [0.25, 0.3) is 0 Å². The zero-order valence-electron chi connectivity index (χ0n) is 32.6. The molecule has 4 aromatic rings. The summed E-state index contributed by atoms with van der Waals surface area (Å²) in [5.41, 5.74) is 6.17. The van der Waals surface area contributed by atoms with Crippen molar-refractivity contribution < 1.29 is 28.6 Å². The maximum Gasteiger partial charge on any atom is 0.311 e. The van der Waals surface area contributed by atoms with Crippen molar-refractivity contribution in [3.05, 3.63) is 135 Å². The Morgan fingerprint density at radius 3 is 2.09 bits per heavy atom. The molecule has 11 heteroatoms. The summed E-state index contributed by atoms with van der Waals surface area (Å²) in [5, 5.41) is 10.9. The SMILES string of the molecule is CC1(C)C(C=C(Cl)Cl)C1C(=O)OC(C#N)c1cccc(Oc2ccccc2)c1.COc1cccc(C(=O)NN(C(=O)c2cc(C)cc(C)c2)C(C)(C)C)c1C. The first-order chi connectivity index (χ1) is 25.9. The third kappa shape index (κ3) is 10.9. The molecule has 3 atom stereocenters. The first kappa shape index (κ1) is 42.4. The van der Waals surface area contributed by atoms with Crippen LogP contribution in [0.3, 0.4) is 0 Å². The van der Waals surface area contributed by atoms with E-state index in [4.69, 9.17) is 37.4 Å². The largest absolute Gasteiger partial charge is 0.496 e. The number of aryl methyl sites for hydroxylation is 2. The number of carbonyl (C=O) groups excluding carboxylic acids is 3. The van der Waals surface area contributed by atoms with Crippen LogP contribution in [0, 0.1) is 49.4 Å². The summed E-state index contributed by atoms with van der Waals surface area (Å²) in [7, 11) is 1.56. The van der Waals surface area contributed by atoms with E-state index in [0.29, 0.717) is 33.9 Å². The molecule has 0 saturated heterocycles. The maximum atomic E-state index is 13.2. The van der Waals surface area contributed by atoms with E-state index < -0.39 is 17.6 Å². The Bertz CT molecular complexity index is 2080. The highest BCUT2D eigenvalue weighted by atomic mass is 35.5. The third-order valence-corrected chi connectivity index (χ3v) is 9.52. The fourth-order valence-electron chi connectivity index (χ4n) is 6.29. The Morgan fingerprint density at radius 1 is 0.891 bits per heavy atom. The molecule has 1 N–H and O–H groups in total. The lowest BCUT2D eigenvalue weighted by atomic mass is 10.0. The number of halogens is 2. The number of methoxy groups -OCH3 is 1. The second kappa shape index (κ2) is 17.9. The molecule has 55 heavy (non-hydrogen) atoms. The second-order valence-corrected chi connectivity index (χ2v) is 16.0. The first-order valence-corrected chi connectivity index (χ1v) is 18.5. The van der Waals surface area contributed by atoms with Gasteiger partial charge in [-0.05, 0) is 107 Å². The van der Waals surface area contributed by atoms with E-state index in [2.05, 4.69) is 5.43 Å². The van der Waals surface area contributed by atoms with E-state index >= 15 is 0 Å². The summed E-state index contributed by atoms with van der Waals surface area (Å²) in [5.74, 6) is 0.324. The summed E-state index contributed by atoms with van der Waals surface area (Å²) in [4.78, 5) is 38.7. The summed E-state index contributed by atoms with van der Waals surface area (Å²) in [6.45, 7) is 15.2. The Balaban J connectivity index is 0.000000245. The zero-order chi connectivity index (χ0) is 40.7. The van der Waals surface area contributed by atoms with Crippen LogP contribution in [-0.2, 0) is 9.53 Å². The normalized spacial score (nSPS) is 15.8. The molecule has 2 amide bonds. The molecule has 1 fully saturated rings. The summed E-state index contributed by atoms with van der Waals surface area (Å²) < 4.78 is 16.7. The van der Waals surface area contributed by atoms with Crippen LogP contribution < -0.4 is 14.9 Å². The smallest absolute Gasteiger partial charge is 0.311 e. The molecule has 4 aromatic carbocycles. The van der Waals surface area contributed by atoms with Crippen LogP contribution in [0.2, 0.25) is 0 Å². The van der Waals surface area contributed by atoms with E-state index in [-0.39, 0.29) is 33.6 Å². The highest BCUT2D eigenvalue weighted by Crippen LogP contribution is 2.60. The van der Waals surface area contributed by atoms with Crippen molar-refractivity contribution in [2.24, 2.45) is 17.3 Å². The molecule has 1 saturated carbocycles. The Morgan fingerprint density at radius 2 is 1.51 bits per heavy atom. The molecule has 9 nitrogen and oxygen atoms in total. The number of hydrazine groups is 1. The maximum absolute atomic E-state index is 13.2. The van der Waals surface area contributed by atoms with E-state index in [1.165, 1.54) is 5.01 Å². The van der Waals surface area contributed by atoms with Gasteiger partial charge in [-0.25, -0.2) is 5.01 Å². The van der Waals surface area contributed by atoms with Gasteiger partial charge < -0.3 is 14.2 Å².